The number of hydrogen-bond donors (Lipinski definition) is 0. The maximum Gasteiger partial charge on any atom is 0.410 e. The van der Waals surface area contributed by atoms with Gasteiger partial charge in [-0.15, -0.1) is 0 Å². The van der Waals surface area contributed by atoms with Crippen LogP contribution in [0.5, 0.6) is 17.2 Å². The molecule has 3 rings (SSSR count). The summed E-state index contributed by atoms with van der Waals surface area (Å²) in [5.74, 6) is 1.92. The Balaban J connectivity index is 1.79. The average Bonchev–Trinajstić information content (AvgIpc) is 2.87. The molecule has 0 saturated carbocycles. The van der Waals surface area contributed by atoms with E-state index in [0.29, 0.717) is 30.3 Å². The number of benzene rings is 1. The van der Waals surface area contributed by atoms with E-state index >= 15 is 0 Å². The number of carbonyl (C=O) groups is 1. The minimum absolute atomic E-state index is 0.231. The predicted octanol–water partition coefficient (Wildman–Crippen LogP) is 2.13. The Morgan fingerprint density at radius 1 is 1.12 bits per heavy atom. The van der Waals surface area contributed by atoms with Gasteiger partial charge in [0.25, 0.3) is 0 Å². The highest BCUT2D eigenvalue weighted by Gasteiger charge is 2.46. The van der Waals surface area contributed by atoms with Crippen LogP contribution < -0.4 is 14.2 Å². The van der Waals surface area contributed by atoms with Crippen molar-refractivity contribution in [2.45, 2.75) is 25.0 Å². The molecule has 2 aliphatic heterocycles. The van der Waals surface area contributed by atoms with E-state index in [-0.39, 0.29) is 6.09 Å². The fourth-order valence-electron chi connectivity index (χ4n) is 3.86. The van der Waals surface area contributed by atoms with E-state index in [4.69, 9.17) is 18.9 Å². The zero-order valence-electron chi connectivity index (χ0n) is 15.3. The highest BCUT2D eigenvalue weighted by atomic mass is 16.6. The molecule has 0 bridgehead atoms. The van der Waals surface area contributed by atoms with Gasteiger partial charge in [0.1, 0.15) is 5.60 Å². The number of methoxy groups -OCH3 is 3. The van der Waals surface area contributed by atoms with Crippen molar-refractivity contribution in [2.24, 2.45) is 0 Å². The van der Waals surface area contributed by atoms with Crippen LogP contribution in [0, 0.1) is 0 Å². The smallest absolute Gasteiger partial charge is 0.410 e. The molecule has 2 heterocycles. The Kier molecular flexibility index (Phi) is 4.94. The van der Waals surface area contributed by atoms with Crippen molar-refractivity contribution in [3.63, 3.8) is 0 Å². The van der Waals surface area contributed by atoms with Crippen molar-refractivity contribution in [2.75, 3.05) is 48.0 Å². The molecule has 0 aromatic heterocycles. The monoisotopic (exact) mass is 350 g/mol. The Labute approximate surface area is 148 Å². The maximum atomic E-state index is 11.8. The SMILES string of the molecule is COc1ccc(CN2CCCC3(C2)CN(C)C(=O)O3)c(OC)c1OC. The van der Waals surface area contributed by atoms with Crippen LogP contribution in [0.25, 0.3) is 0 Å². The summed E-state index contributed by atoms with van der Waals surface area (Å²) in [6.45, 7) is 3.03. The first kappa shape index (κ1) is 17.7. The highest BCUT2D eigenvalue weighted by Crippen LogP contribution is 2.41. The van der Waals surface area contributed by atoms with E-state index in [2.05, 4.69) is 4.90 Å². The number of likely N-dealkylation sites (tertiary alicyclic amines) is 1. The largest absolute Gasteiger partial charge is 0.493 e. The van der Waals surface area contributed by atoms with Crippen molar-refractivity contribution in [3.05, 3.63) is 17.7 Å². The second-order valence-corrected chi connectivity index (χ2v) is 6.71. The quantitative estimate of drug-likeness (QED) is 0.811. The summed E-state index contributed by atoms with van der Waals surface area (Å²) in [4.78, 5) is 15.8. The molecule has 0 radical (unpaired) electrons. The molecule has 2 aliphatic rings. The number of carbonyl (C=O) groups excluding carboxylic acids is 1. The summed E-state index contributed by atoms with van der Waals surface area (Å²) < 4.78 is 22.1. The van der Waals surface area contributed by atoms with Gasteiger partial charge in [0, 0.05) is 25.7 Å². The fourth-order valence-corrected chi connectivity index (χ4v) is 3.86. The molecular formula is C18H26N2O5. The lowest BCUT2D eigenvalue weighted by Crippen LogP contribution is -2.50. The van der Waals surface area contributed by atoms with Crippen molar-refractivity contribution in [3.8, 4) is 17.2 Å². The molecule has 25 heavy (non-hydrogen) atoms. The number of rotatable bonds is 5. The van der Waals surface area contributed by atoms with Crippen LogP contribution in [0.2, 0.25) is 0 Å². The van der Waals surface area contributed by atoms with Crippen LogP contribution in [-0.2, 0) is 11.3 Å². The van der Waals surface area contributed by atoms with E-state index in [1.165, 1.54) is 0 Å². The second-order valence-electron chi connectivity index (χ2n) is 6.71. The minimum atomic E-state index is -0.395. The van der Waals surface area contributed by atoms with Gasteiger partial charge < -0.3 is 23.8 Å². The standard InChI is InChI=1S/C18H26N2O5/c1-19-11-18(25-17(19)21)8-5-9-20(12-18)10-13-6-7-14(22-2)16(24-4)15(13)23-3/h6-7H,5,8-12H2,1-4H3. The molecule has 138 valence electrons. The van der Waals surface area contributed by atoms with Gasteiger partial charge in [-0.25, -0.2) is 4.79 Å². The summed E-state index contributed by atoms with van der Waals surface area (Å²) >= 11 is 0. The molecule has 0 aliphatic carbocycles. The van der Waals surface area contributed by atoms with Gasteiger partial charge >= 0.3 is 6.09 Å². The zero-order valence-corrected chi connectivity index (χ0v) is 15.3. The molecule has 1 aromatic rings. The Morgan fingerprint density at radius 3 is 2.48 bits per heavy atom. The van der Waals surface area contributed by atoms with E-state index in [0.717, 1.165) is 31.5 Å². The number of nitrogens with zero attached hydrogens (tertiary/aromatic N) is 2. The third kappa shape index (κ3) is 3.33. The molecule has 2 saturated heterocycles. The first-order valence-corrected chi connectivity index (χ1v) is 8.46. The first-order valence-electron chi connectivity index (χ1n) is 8.46. The van der Waals surface area contributed by atoms with Crippen LogP contribution in [0.1, 0.15) is 18.4 Å². The van der Waals surface area contributed by atoms with Gasteiger partial charge in [-0.05, 0) is 25.5 Å². The van der Waals surface area contributed by atoms with Crippen LogP contribution >= 0.6 is 0 Å². The molecule has 2 fully saturated rings. The number of hydrogen-bond acceptors (Lipinski definition) is 6. The topological polar surface area (TPSA) is 60.5 Å². The van der Waals surface area contributed by atoms with Crippen LogP contribution in [0.4, 0.5) is 4.79 Å². The lowest BCUT2D eigenvalue weighted by Gasteiger charge is -2.38. The summed E-state index contributed by atoms with van der Waals surface area (Å²) in [6, 6.07) is 3.88. The van der Waals surface area contributed by atoms with Crippen LogP contribution in [0.15, 0.2) is 12.1 Å². The summed E-state index contributed by atoms with van der Waals surface area (Å²) in [5, 5.41) is 0. The lowest BCUT2D eigenvalue weighted by molar-refractivity contribution is -0.0115. The molecule has 1 spiro atoms. The number of amides is 1. The van der Waals surface area contributed by atoms with E-state index in [1.54, 1.807) is 33.3 Å². The summed E-state index contributed by atoms with van der Waals surface area (Å²) in [5.41, 5.74) is 0.628. The first-order chi connectivity index (χ1) is 12.0. The molecule has 1 unspecified atom stereocenters. The predicted molar refractivity (Wildman–Crippen MR) is 92.5 cm³/mol. The van der Waals surface area contributed by atoms with Crippen molar-refractivity contribution in [1.82, 2.24) is 9.80 Å². The molecule has 1 atom stereocenters. The maximum absolute atomic E-state index is 11.8. The third-order valence-corrected chi connectivity index (χ3v) is 4.94. The molecule has 0 N–H and O–H groups in total. The van der Waals surface area contributed by atoms with E-state index in [1.807, 2.05) is 12.1 Å². The molecule has 1 amide bonds. The lowest BCUT2D eigenvalue weighted by atomic mass is 9.92. The zero-order chi connectivity index (χ0) is 18.0. The number of ether oxygens (including phenoxy) is 4. The van der Waals surface area contributed by atoms with E-state index < -0.39 is 5.60 Å². The fraction of sp³-hybridized carbons (Fsp3) is 0.611. The minimum Gasteiger partial charge on any atom is -0.493 e. The van der Waals surface area contributed by atoms with E-state index in [9.17, 15) is 4.79 Å². The normalized spacial score (nSPS) is 23.7. The second kappa shape index (κ2) is 7.00. The molecule has 1 aromatic carbocycles. The van der Waals surface area contributed by atoms with Crippen LogP contribution in [0.3, 0.4) is 0 Å². The van der Waals surface area contributed by atoms with Gasteiger partial charge in [0.05, 0.1) is 27.9 Å². The van der Waals surface area contributed by atoms with Gasteiger partial charge in [-0.3, -0.25) is 4.90 Å². The number of piperidine rings is 1. The third-order valence-electron chi connectivity index (χ3n) is 4.94. The average molecular weight is 350 g/mol. The van der Waals surface area contributed by atoms with Gasteiger partial charge in [0.2, 0.25) is 5.75 Å². The molecular weight excluding hydrogens is 324 g/mol. The summed E-state index contributed by atoms with van der Waals surface area (Å²) in [7, 11) is 6.63. The van der Waals surface area contributed by atoms with Crippen LogP contribution in [-0.4, -0.2) is 69.5 Å². The van der Waals surface area contributed by atoms with Crippen molar-refractivity contribution in [1.29, 1.82) is 0 Å². The van der Waals surface area contributed by atoms with Crippen molar-refractivity contribution < 1.29 is 23.7 Å². The number of likely N-dealkylation sites (N-methyl/N-ethyl adjacent to an activating group) is 1. The van der Waals surface area contributed by atoms with Crippen molar-refractivity contribution >= 4 is 6.09 Å². The Hall–Kier alpha value is -2.15. The van der Waals surface area contributed by atoms with Gasteiger partial charge in [0.15, 0.2) is 11.5 Å². The summed E-state index contributed by atoms with van der Waals surface area (Å²) in [6.07, 6.45) is 1.67. The Morgan fingerprint density at radius 2 is 1.88 bits per heavy atom. The molecule has 7 nitrogen and oxygen atoms in total. The Bertz CT molecular complexity index is 651. The van der Waals surface area contributed by atoms with Gasteiger partial charge in [-0.2, -0.15) is 0 Å². The molecule has 7 heteroatoms. The van der Waals surface area contributed by atoms with Gasteiger partial charge in [-0.1, -0.05) is 6.07 Å². The highest BCUT2D eigenvalue weighted by molar-refractivity contribution is 5.70.